The SMILES string of the molecule is CCc1c[nH]c2ncc(-c3c(C(=O)O)c(C)nn3C)cc12. The first-order valence-corrected chi connectivity index (χ1v) is 6.76. The summed E-state index contributed by atoms with van der Waals surface area (Å²) in [6, 6.07) is 1.97. The van der Waals surface area contributed by atoms with E-state index in [4.69, 9.17) is 0 Å². The second-order valence-electron chi connectivity index (χ2n) is 5.03. The van der Waals surface area contributed by atoms with Crippen molar-refractivity contribution in [2.24, 2.45) is 7.05 Å². The smallest absolute Gasteiger partial charge is 0.339 e. The molecule has 0 aliphatic carbocycles. The van der Waals surface area contributed by atoms with E-state index in [2.05, 4.69) is 22.0 Å². The van der Waals surface area contributed by atoms with Crippen LogP contribution in [0.25, 0.3) is 22.3 Å². The van der Waals surface area contributed by atoms with Crippen LogP contribution in [0.1, 0.15) is 28.5 Å². The zero-order chi connectivity index (χ0) is 15.1. The van der Waals surface area contributed by atoms with Crippen LogP contribution in [0.5, 0.6) is 0 Å². The molecule has 0 fully saturated rings. The van der Waals surface area contributed by atoms with Gasteiger partial charge in [0.1, 0.15) is 11.2 Å². The van der Waals surface area contributed by atoms with Gasteiger partial charge in [-0.1, -0.05) is 6.92 Å². The number of fused-ring (bicyclic) bond motifs is 1. The molecule has 0 aliphatic heterocycles. The van der Waals surface area contributed by atoms with Gasteiger partial charge in [-0.25, -0.2) is 9.78 Å². The summed E-state index contributed by atoms with van der Waals surface area (Å²) in [5.74, 6) is -0.972. The number of nitrogens with one attached hydrogen (secondary N) is 1. The Hall–Kier alpha value is -2.63. The number of pyridine rings is 1. The van der Waals surface area contributed by atoms with Gasteiger partial charge in [-0.05, 0) is 25.0 Å². The number of carboxylic acid groups (broad SMARTS) is 1. The first-order valence-electron chi connectivity index (χ1n) is 6.76. The highest BCUT2D eigenvalue weighted by molar-refractivity contribution is 5.97. The lowest BCUT2D eigenvalue weighted by Gasteiger charge is -2.05. The lowest BCUT2D eigenvalue weighted by atomic mass is 10.1. The number of aromatic carboxylic acids is 1. The Morgan fingerprint density at radius 1 is 1.48 bits per heavy atom. The third-order valence-corrected chi connectivity index (χ3v) is 3.71. The molecule has 0 aromatic carbocycles. The Labute approximate surface area is 121 Å². The fraction of sp³-hybridized carbons (Fsp3) is 0.267. The molecule has 0 amide bonds. The normalized spacial score (nSPS) is 11.2. The van der Waals surface area contributed by atoms with E-state index in [1.54, 1.807) is 24.9 Å². The van der Waals surface area contributed by atoms with Crippen molar-refractivity contribution in [3.05, 3.63) is 35.3 Å². The van der Waals surface area contributed by atoms with Crippen molar-refractivity contribution < 1.29 is 9.90 Å². The van der Waals surface area contributed by atoms with Gasteiger partial charge in [0.2, 0.25) is 0 Å². The van der Waals surface area contributed by atoms with Crippen LogP contribution in [0, 0.1) is 6.92 Å². The molecule has 0 radical (unpaired) electrons. The summed E-state index contributed by atoms with van der Waals surface area (Å²) in [5, 5.41) is 14.7. The van der Waals surface area contributed by atoms with Gasteiger partial charge in [0.25, 0.3) is 0 Å². The van der Waals surface area contributed by atoms with Crippen LogP contribution < -0.4 is 0 Å². The average molecular weight is 284 g/mol. The topological polar surface area (TPSA) is 83.8 Å². The highest BCUT2D eigenvalue weighted by Gasteiger charge is 2.21. The summed E-state index contributed by atoms with van der Waals surface area (Å²) in [4.78, 5) is 19.0. The van der Waals surface area contributed by atoms with Crippen molar-refractivity contribution in [1.82, 2.24) is 19.7 Å². The molecule has 3 heterocycles. The summed E-state index contributed by atoms with van der Waals surface area (Å²) in [5.41, 5.74) is 4.05. The molecule has 0 unspecified atom stereocenters. The van der Waals surface area contributed by atoms with E-state index in [-0.39, 0.29) is 5.56 Å². The van der Waals surface area contributed by atoms with Crippen LogP contribution in [0.15, 0.2) is 18.5 Å². The van der Waals surface area contributed by atoms with Gasteiger partial charge < -0.3 is 10.1 Å². The molecule has 3 aromatic rings. The highest BCUT2D eigenvalue weighted by Crippen LogP contribution is 2.28. The minimum atomic E-state index is -0.972. The van der Waals surface area contributed by atoms with Crippen molar-refractivity contribution in [1.29, 1.82) is 0 Å². The van der Waals surface area contributed by atoms with Gasteiger partial charge in [-0.15, -0.1) is 0 Å². The van der Waals surface area contributed by atoms with Gasteiger partial charge in [0.05, 0.1) is 11.4 Å². The van der Waals surface area contributed by atoms with Crippen LogP contribution in [0.2, 0.25) is 0 Å². The minimum absolute atomic E-state index is 0.229. The van der Waals surface area contributed by atoms with E-state index in [0.717, 1.165) is 28.6 Å². The van der Waals surface area contributed by atoms with E-state index in [1.165, 1.54) is 0 Å². The molecule has 3 aromatic heterocycles. The van der Waals surface area contributed by atoms with E-state index in [0.29, 0.717) is 11.4 Å². The Balaban J connectivity index is 2.28. The third-order valence-electron chi connectivity index (χ3n) is 3.71. The van der Waals surface area contributed by atoms with Crippen LogP contribution in [-0.2, 0) is 13.5 Å². The molecule has 6 nitrogen and oxygen atoms in total. The molecular formula is C15H16N4O2. The first kappa shape index (κ1) is 13.4. The summed E-state index contributed by atoms with van der Waals surface area (Å²) >= 11 is 0. The Kier molecular flexibility index (Phi) is 3.01. The van der Waals surface area contributed by atoms with Gasteiger partial charge >= 0.3 is 5.97 Å². The van der Waals surface area contributed by atoms with Crippen molar-refractivity contribution in [2.45, 2.75) is 20.3 Å². The third kappa shape index (κ3) is 1.99. The second kappa shape index (κ2) is 4.73. The molecular weight excluding hydrogens is 268 g/mol. The van der Waals surface area contributed by atoms with Crippen LogP contribution in [0.4, 0.5) is 0 Å². The Morgan fingerprint density at radius 2 is 2.24 bits per heavy atom. The first-order chi connectivity index (χ1) is 10.0. The van der Waals surface area contributed by atoms with E-state index in [1.807, 2.05) is 12.3 Å². The predicted molar refractivity (Wildman–Crippen MR) is 79.4 cm³/mol. The number of hydrogen-bond acceptors (Lipinski definition) is 3. The van der Waals surface area contributed by atoms with Crippen LogP contribution in [0.3, 0.4) is 0 Å². The van der Waals surface area contributed by atoms with E-state index in [9.17, 15) is 9.90 Å². The Bertz CT molecular complexity index is 845. The van der Waals surface area contributed by atoms with Crippen molar-refractivity contribution in [3.63, 3.8) is 0 Å². The number of aryl methyl sites for hydroxylation is 3. The molecule has 108 valence electrons. The highest BCUT2D eigenvalue weighted by atomic mass is 16.4. The number of nitrogens with zero attached hydrogens (tertiary/aromatic N) is 3. The number of rotatable bonds is 3. The fourth-order valence-corrected chi connectivity index (χ4v) is 2.73. The number of carboxylic acids is 1. The summed E-state index contributed by atoms with van der Waals surface area (Å²) in [7, 11) is 1.75. The number of aromatic amines is 1. The number of H-pyrrole nitrogens is 1. The number of carbonyl (C=O) groups is 1. The number of hydrogen-bond donors (Lipinski definition) is 2. The molecule has 2 N–H and O–H groups in total. The maximum absolute atomic E-state index is 11.5. The summed E-state index contributed by atoms with van der Waals surface area (Å²) < 4.78 is 1.60. The molecule has 0 aliphatic rings. The molecule has 0 spiro atoms. The van der Waals surface area contributed by atoms with Gasteiger partial charge in [-0.3, -0.25) is 4.68 Å². The molecule has 21 heavy (non-hydrogen) atoms. The monoisotopic (exact) mass is 284 g/mol. The van der Waals surface area contributed by atoms with Gasteiger partial charge in [-0.2, -0.15) is 5.10 Å². The van der Waals surface area contributed by atoms with E-state index >= 15 is 0 Å². The quantitative estimate of drug-likeness (QED) is 0.774. The molecule has 0 saturated carbocycles. The molecule has 6 heteroatoms. The molecule has 0 atom stereocenters. The average Bonchev–Trinajstić information content (AvgIpc) is 2.98. The largest absolute Gasteiger partial charge is 0.478 e. The Morgan fingerprint density at radius 3 is 2.90 bits per heavy atom. The van der Waals surface area contributed by atoms with Crippen molar-refractivity contribution in [3.8, 4) is 11.3 Å². The van der Waals surface area contributed by atoms with Gasteiger partial charge in [0.15, 0.2) is 0 Å². The standard InChI is InChI=1S/C15H16N4O2/c1-4-9-6-16-14-11(9)5-10(7-17-14)13-12(15(20)21)8(2)18-19(13)3/h5-7H,4H2,1-3H3,(H,16,17)(H,20,21). The van der Waals surface area contributed by atoms with Crippen molar-refractivity contribution >= 4 is 17.0 Å². The minimum Gasteiger partial charge on any atom is -0.478 e. The lowest BCUT2D eigenvalue weighted by Crippen LogP contribution is -2.01. The fourth-order valence-electron chi connectivity index (χ4n) is 2.73. The van der Waals surface area contributed by atoms with E-state index < -0.39 is 5.97 Å². The summed E-state index contributed by atoms with van der Waals surface area (Å²) in [6.07, 6.45) is 4.51. The zero-order valence-corrected chi connectivity index (χ0v) is 12.1. The predicted octanol–water partition coefficient (Wildman–Crippen LogP) is 2.53. The maximum atomic E-state index is 11.5. The van der Waals surface area contributed by atoms with Crippen molar-refractivity contribution in [2.75, 3.05) is 0 Å². The zero-order valence-electron chi connectivity index (χ0n) is 12.1. The van der Waals surface area contributed by atoms with Crippen LogP contribution in [-0.4, -0.2) is 30.8 Å². The second-order valence-corrected chi connectivity index (χ2v) is 5.03. The molecule has 3 rings (SSSR count). The summed E-state index contributed by atoms with van der Waals surface area (Å²) in [6.45, 7) is 3.78. The molecule has 0 saturated heterocycles. The lowest BCUT2D eigenvalue weighted by molar-refractivity contribution is 0.0697. The molecule has 0 bridgehead atoms. The number of aromatic nitrogens is 4. The maximum Gasteiger partial charge on any atom is 0.339 e. The van der Waals surface area contributed by atoms with Crippen LogP contribution >= 0.6 is 0 Å². The van der Waals surface area contributed by atoms with Gasteiger partial charge in [0, 0.05) is 30.4 Å².